The van der Waals surface area contributed by atoms with Crippen molar-refractivity contribution in [1.82, 2.24) is 9.62 Å². The van der Waals surface area contributed by atoms with Crippen LogP contribution in [0, 0.1) is 5.92 Å². The molecule has 1 aromatic carbocycles. The molecule has 2 fully saturated rings. The summed E-state index contributed by atoms with van der Waals surface area (Å²) in [6.45, 7) is 5.32. The van der Waals surface area contributed by atoms with Crippen LogP contribution >= 0.6 is 0 Å². The molecule has 1 atom stereocenters. The third kappa shape index (κ3) is 6.13. The van der Waals surface area contributed by atoms with Gasteiger partial charge in [-0.2, -0.15) is 12.7 Å². The first kappa shape index (κ1) is 23.9. The van der Waals surface area contributed by atoms with Crippen molar-refractivity contribution in [3.8, 4) is 5.75 Å². The second kappa shape index (κ2) is 11.2. The Balaban J connectivity index is 1.67. The van der Waals surface area contributed by atoms with E-state index in [9.17, 15) is 13.2 Å². The Bertz CT molecular complexity index is 805. The van der Waals surface area contributed by atoms with Crippen LogP contribution in [0.2, 0.25) is 0 Å². The summed E-state index contributed by atoms with van der Waals surface area (Å²) >= 11 is 0. The fraction of sp³-hybridized carbons (Fsp3) is 0.696. The number of hydrogen-bond donors (Lipinski definition) is 1. The van der Waals surface area contributed by atoms with E-state index in [0.29, 0.717) is 37.6 Å². The van der Waals surface area contributed by atoms with Crippen LogP contribution in [0.4, 0.5) is 5.69 Å². The third-order valence-electron chi connectivity index (χ3n) is 6.28. The summed E-state index contributed by atoms with van der Waals surface area (Å²) < 4.78 is 35.2. The molecule has 1 N–H and O–H groups in total. The van der Waals surface area contributed by atoms with Gasteiger partial charge in [-0.3, -0.25) is 9.10 Å². The van der Waals surface area contributed by atoms with Gasteiger partial charge in [0.15, 0.2) is 0 Å². The first-order chi connectivity index (χ1) is 15.0. The van der Waals surface area contributed by atoms with Gasteiger partial charge in [-0.25, -0.2) is 0 Å². The minimum atomic E-state index is -3.71. The van der Waals surface area contributed by atoms with Gasteiger partial charge in [-0.05, 0) is 63.8 Å². The average Bonchev–Trinajstić information content (AvgIpc) is 3.04. The number of amides is 1. The Labute approximate surface area is 187 Å². The van der Waals surface area contributed by atoms with Gasteiger partial charge < -0.3 is 10.1 Å². The molecule has 31 heavy (non-hydrogen) atoms. The fourth-order valence-corrected chi connectivity index (χ4v) is 6.32. The highest BCUT2D eigenvalue weighted by Gasteiger charge is 2.36. The Hall–Kier alpha value is -1.80. The van der Waals surface area contributed by atoms with Crippen LogP contribution in [0.5, 0.6) is 5.75 Å². The fourth-order valence-electron chi connectivity index (χ4n) is 4.60. The number of hydrogen-bond acceptors (Lipinski definition) is 4. The van der Waals surface area contributed by atoms with Crippen molar-refractivity contribution in [3.63, 3.8) is 0 Å². The monoisotopic (exact) mass is 451 g/mol. The van der Waals surface area contributed by atoms with Gasteiger partial charge in [0, 0.05) is 25.7 Å². The van der Waals surface area contributed by atoms with Gasteiger partial charge in [0.2, 0.25) is 5.91 Å². The third-order valence-corrected chi connectivity index (χ3v) is 8.29. The largest absolute Gasteiger partial charge is 0.494 e. The van der Waals surface area contributed by atoms with E-state index in [2.05, 4.69) is 5.32 Å². The number of carbonyl (C=O) groups excluding carboxylic acids is 1. The normalized spacial score (nSPS) is 21.3. The van der Waals surface area contributed by atoms with Crippen LogP contribution in [-0.2, 0) is 15.0 Å². The van der Waals surface area contributed by atoms with E-state index in [0.717, 1.165) is 32.1 Å². The van der Waals surface area contributed by atoms with Crippen molar-refractivity contribution >= 4 is 21.8 Å². The Morgan fingerprint density at radius 2 is 1.74 bits per heavy atom. The van der Waals surface area contributed by atoms with E-state index in [1.54, 1.807) is 24.3 Å². The second-order valence-electron chi connectivity index (χ2n) is 8.49. The minimum Gasteiger partial charge on any atom is -0.494 e. The van der Waals surface area contributed by atoms with E-state index in [1.165, 1.54) is 21.5 Å². The first-order valence-electron chi connectivity index (χ1n) is 11.8. The summed E-state index contributed by atoms with van der Waals surface area (Å²) in [5.41, 5.74) is 0.607. The molecule has 0 bridgehead atoms. The molecule has 0 aromatic heterocycles. The highest BCUT2D eigenvalue weighted by atomic mass is 32.2. The quantitative estimate of drug-likeness (QED) is 0.611. The zero-order chi connectivity index (χ0) is 22.3. The van der Waals surface area contributed by atoms with Crippen LogP contribution in [-0.4, -0.2) is 50.9 Å². The zero-order valence-electron chi connectivity index (χ0n) is 18.9. The summed E-state index contributed by atoms with van der Waals surface area (Å²) in [6, 6.07) is 7.35. The molecule has 2 aliphatic rings. The van der Waals surface area contributed by atoms with Gasteiger partial charge in [-0.15, -0.1) is 0 Å². The Morgan fingerprint density at radius 1 is 1.06 bits per heavy atom. The predicted molar refractivity (Wildman–Crippen MR) is 123 cm³/mol. The van der Waals surface area contributed by atoms with Gasteiger partial charge >= 0.3 is 10.2 Å². The molecule has 1 saturated carbocycles. The molecule has 1 aliphatic heterocycles. The van der Waals surface area contributed by atoms with E-state index in [-0.39, 0.29) is 24.4 Å². The van der Waals surface area contributed by atoms with Crippen molar-refractivity contribution in [1.29, 1.82) is 0 Å². The molecule has 3 rings (SSSR count). The lowest BCUT2D eigenvalue weighted by Crippen LogP contribution is -2.51. The number of piperidine rings is 1. The van der Waals surface area contributed by atoms with E-state index in [1.807, 2.05) is 13.8 Å². The molecule has 1 aliphatic carbocycles. The Morgan fingerprint density at radius 3 is 2.35 bits per heavy atom. The van der Waals surface area contributed by atoms with Gasteiger partial charge in [-0.1, -0.05) is 25.7 Å². The molecule has 1 amide bonds. The van der Waals surface area contributed by atoms with Crippen molar-refractivity contribution in [3.05, 3.63) is 24.3 Å². The zero-order valence-corrected chi connectivity index (χ0v) is 19.7. The molecule has 1 unspecified atom stereocenters. The lowest BCUT2D eigenvalue weighted by atomic mass is 9.97. The topological polar surface area (TPSA) is 79.0 Å². The van der Waals surface area contributed by atoms with Gasteiger partial charge in [0.05, 0.1) is 18.2 Å². The van der Waals surface area contributed by atoms with Crippen molar-refractivity contribution in [2.45, 2.75) is 71.3 Å². The predicted octanol–water partition coefficient (Wildman–Crippen LogP) is 3.71. The number of anilines is 1. The minimum absolute atomic E-state index is 0.0101. The molecule has 1 aromatic rings. The molecular formula is C23H37N3O4S. The maximum atomic E-state index is 13.4. The average molecular weight is 452 g/mol. The number of carbonyl (C=O) groups is 1. The van der Waals surface area contributed by atoms with Crippen molar-refractivity contribution < 1.29 is 17.9 Å². The molecule has 0 spiro atoms. The van der Waals surface area contributed by atoms with Crippen molar-refractivity contribution in [2.75, 3.05) is 30.5 Å². The second-order valence-corrected chi connectivity index (χ2v) is 10.3. The number of nitrogens with zero attached hydrogens (tertiary/aromatic N) is 2. The van der Waals surface area contributed by atoms with E-state index in [4.69, 9.17) is 4.74 Å². The lowest BCUT2D eigenvalue weighted by Gasteiger charge is -2.36. The summed E-state index contributed by atoms with van der Waals surface area (Å²) in [7, 11) is -3.71. The van der Waals surface area contributed by atoms with Crippen LogP contribution in [0.25, 0.3) is 0 Å². The molecule has 1 heterocycles. The van der Waals surface area contributed by atoms with Crippen LogP contribution in [0.1, 0.15) is 65.2 Å². The molecule has 0 radical (unpaired) electrons. The first-order valence-corrected chi connectivity index (χ1v) is 13.2. The number of ether oxygens (including phenoxy) is 1. The van der Waals surface area contributed by atoms with E-state index < -0.39 is 10.2 Å². The standard InChI is InChI=1S/C23H37N3O4S/c1-3-26(21-13-15-22(16-14-21)30-4-2)31(28,29)25-17-9-10-19(18-25)23(27)24-20-11-7-5-6-8-12-20/h13-16,19-20H,3-12,17-18H2,1-2H3,(H,24,27). The molecular weight excluding hydrogens is 414 g/mol. The highest BCUT2D eigenvalue weighted by molar-refractivity contribution is 7.90. The van der Waals surface area contributed by atoms with Crippen LogP contribution in [0.3, 0.4) is 0 Å². The van der Waals surface area contributed by atoms with Gasteiger partial charge in [0.1, 0.15) is 5.75 Å². The SMILES string of the molecule is CCOc1ccc(N(CC)S(=O)(=O)N2CCCC(C(=O)NC3CCCCCC3)C2)cc1. The number of nitrogens with one attached hydrogen (secondary N) is 1. The van der Waals surface area contributed by atoms with E-state index >= 15 is 0 Å². The van der Waals surface area contributed by atoms with Crippen LogP contribution in [0.15, 0.2) is 24.3 Å². The summed E-state index contributed by atoms with van der Waals surface area (Å²) in [6.07, 6.45) is 8.28. The summed E-state index contributed by atoms with van der Waals surface area (Å²) in [5, 5.41) is 3.21. The van der Waals surface area contributed by atoms with Crippen LogP contribution < -0.4 is 14.4 Å². The highest BCUT2D eigenvalue weighted by Crippen LogP contribution is 2.27. The number of benzene rings is 1. The molecule has 174 valence electrons. The number of rotatable bonds is 8. The van der Waals surface area contributed by atoms with Gasteiger partial charge in [0.25, 0.3) is 0 Å². The molecule has 7 nitrogen and oxygen atoms in total. The Kier molecular flexibility index (Phi) is 8.60. The summed E-state index contributed by atoms with van der Waals surface area (Å²) in [5.74, 6) is 0.439. The molecule has 1 saturated heterocycles. The lowest BCUT2D eigenvalue weighted by molar-refractivity contribution is -0.126. The smallest absolute Gasteiger partial charge is 0.304 e. The maximum Gasteiger partial charge on any atom is 0.304 e. The van der Waals surface area contributed by atoms with Crippen molar-refractivity contribution in [2.24, 2.45) is 5.92 Å². The summed E-state index contributed by atoms with van der Waals surface area (Å²) in [4.78, 5) is 12.9. The molecule has 8 heteroatoms. The maximum absolute atomic E-state index is 13.4.